The van der Waals surface area contributed by atoms with Crippen LogP contribution in [-0.2, 0) is 11.2 Å². The van der Waals surface area contributed by atoms with E-state index in [-0.39, 0.29) is 18.1 Å². The molecule has 7 heteroatoms. The second-order valence-corrected chi connectivity index (χ2v) is 8.97. The molecule has 156 valence electrons. The first kappa shape index (κ1) is 19.5. The van der Waals surface area contributed by atoms with Crippen LogP contribution in [0.4, 0.5) is 15.8 Å². The first-order valence-corrected chi connectivity index (χ1v) is 11.2. The van der Waals surface area contributed by atoms with Gasteiger partial charge in [0, 0.05) is 59.7 Å². The van der Waals surface area contributed by atoms with Gasteiger partial charge in [0.2, 0.25) is 5.91 Å². The lowest BCUT2D eigenvalue weighted by atomic mass is 9.97. The van der Waals surface area contributed by atoms with Gasteiger partial charge in [-0.1, -0.05) is 12.1 Å². The number of fused-ring (bicyclic) bond motifs is 2. The molecule has 3 heterocycles. The molecule has 0 aliphatic carbocycles. The normalized spacial score (nSPS) is 19.7. The number of carbonyl (C=O) groups excluding carboxylic acids is 1. The summed E-state index contributed by atoms with van der Waals surface area (Å²) in [6, 6.07) is 11.3. The number of benzene rings is 2. The van der Waals surface area contributed by atoms with Crippen molar-refractivity contribution in [1.82, 2.24) is 4.90 Å². The molecule has 1 saturated heterocycles. The summed E-state index contributed by atoms with van der Waals surface area (Å²) in [4.78, 5) is 16.4. The largest absolute Gasteiger partial charge is 0.388 e. The molecule has 1 aromatic heterocycles. The standard InChI is InChI=1S/C23H24FN3O2S/c24-16-12-20(18-4-10-30-22(18)13-16)27-8-6-26(7-9-27)5-3-15-1-2-17-19(11-15)25-23(29)14-21(17)28/h1-2,4,10-13,21,28H,3,5-9,14H2,(H,25,29)/t21-/m1/s1. The highest BCUT2D eigenvalue weighted by Crippen LogP contribution is 2.33. The number of nitrogens with one attached hydrogen (secondary N) is 1. The van der Waals surface area contributed by atoms with Gasteiger partial charge in [-0.3, -0.25) is 9.69 Å². The number of anilines is 2. The van der Waals surface area contributed by atoms with Crippen LogP contribution >= 0.6 is 11.3 Å². The van der Waals surface area contributed by atoms with Crippen LogP contribution in [0.25, 0.3) is 10.1 Å². The Kier molecular flexibility index (Phi) is 5.18. The van der Waals surface area contributed by atoms with E-state index < -0.39 is 6.10 Å². The number of piperazine rings is 1. The van der Waals surface area contributed by atoms with Crippen molar-refractivity contribution in [3.63, 3.8) is 0 Å². The van der Waals surface area contributed by atoms with Gasteiger partial charge < -0.3 is 15.3 Å². The van der Waals surface area contributed by atoms with Crippen molar-refractivity contribution < 1.29 is 14.3 Å². The van der Waals surface area contributed by atoms with E-state index >= 15 is 0 Å². The first-order valence-electron chi connectivity index (χ1n) is 10.3. The highest BCUT2D eigenvalue weighted by atomic mass is 32.1. The molecule has 2 aliphatic heterocycles. The van der Waals surface area contributed by atoms with E-state index in [1.807, 2.05) is 23.6 Å². The Balaban J connectivity index is 1.20. The molecule has 1 amide bonds. The van der Waals surface area contributed by atoms with Gasteiger partial charge in [0.15, 0.2) is 0 Å². The summed E-state index contributed by atoms with van der Waals surface area (Å²) >= 11 is 1.58. The lowest BCUT2D eigenvalue weighted by molar-refractivity contribution is -0.118. The predicted molar refractivity (Wildman–Crippen MR) is 119 cm³/mol. The number of aliphatic hydroxyl groups is 1. The Labute approximate surface area is 178 Å². The van der Waals surface area contributed by atoms with Crippen LogP contribution in [0.5, 0.6) is 0 Å². The predicted octanol–water partition coefficient (Wildman–Crippen LogP) is 3.78. The molecule has 2 aliphatic rings. The fraction of sp³-hybridized carbons (Fsp3) is 0.348. The second-order valence-electron chi connectivity index (χ2n) is 8.03. The second kappa shape index (κ2) is 7.98. The van der Waals surface area contributed by atoms with Crippen LogP contribution in [-0.4, -0.2) is 48.6 Å². The molecule has 0 radical (unpaired) electrons. The maximum atomic E-state index is 14.0. The summed E-state index contributed by atoms with van der Waals surface area (Å²) in [5.41, 5.74) is 3.67. The summed E-state index contributed by atoms with van der Waals surface area (Å²) in [5.74, 6) is -0.313. The zero-order chi connectivity index (χ0) is 20.7. The van der Waals surface area contributed by atoms with Crippen molar-refractivity contribution in [2.75, 3.05) is 42.9 Å². The minimum absolute atomic E-state index is 0.125. The van der Waals surface area contributed by atoms with Gasteiger partial charge in [-0.05, 0) is 41.6 Å². The van der Waals surface area contributed by atoms with Gasteiger partial charge in [0.25, 0.3) is 0 Å². The maximum Gasteiger partial charge on any atom is 0.227 e. The molecule has 1 atom stereocenters. The Morgan fingerprint density at radius 2 is 1.97 bits per heavy atom. The van der Waals surface area contributed by atoms with Gasteiger partial charge in [0.05, 0.1) is 12.5 Å². The molecule has 30 heavy (non-hydrogen) atoms. The average molecular weight is 426 g/mol. The lowest BCUT2D eigenvalue weighted by Crippen LogP contribution is -2.47. The molecule has 3 aromatic rings. The summed E-state index contributed by atoms with van der Waals surface area (Å²) in [5, 5.41) is 16.1. The van der Waals surface area contributed by atoms with Gasteiger partial charge >= 0.3 is 0 Å². The van der Waals surface area contributed by atoms with Crippen LogP contribution in [0.15, 0.2) is 41.8 Å². The smallest absolute Gasteiger partial charge is 0.227 e. The highest BCUT2D eigenvalue weighted by molar-refractivity contribution is 7.17. The quantitative estimate of drug-likeness (QED) is 0.668. The van der Waals surface area contributed by atoms with Crippen LogP contribution < -0.4 is 10.2 Å². The van der Waals surface area contributed by atoms with Crippen LogP contribution in [0.2, 0.25) is 0 Å². The highest BCUT2D eigenvalue weighted by Gasteiger charge is 2.24. The fourth-order valence-corrected chi connectivity index (χ4v) is 5.26. The van der Waals surface area contributed by atoms with E-state index in [9.17, 15) is 14.3 Å². The first-order chi connectivity index (χ1) is 14.6. The van der Waals surface area contributed by atoms with E-state index in [1.165, 1.54) is 0 Å². The molecular formula is C23H24FN3O2S. The zero-order valence-corrected chi connectivity index (χ0v) is 17.4. The summed E-state index contributed by atoms with van der Waals surface area (Å²) in [7, 11) is 0. The Hall–Kier alpha value is -2.48. The van der Waals surface area contributed by atoms with Crippen LogP contribution in [0.1, 0.15) is 23.7 Å². The lowest BCUT2D eigenvalue weighted by Gasteiger charge is -2.36. The van der Waals surface area contributed by atoms with Gasteiger partial charge in [-0.2, -0.15) is 0 Å². The third-order valence-corrected chi connectivity index (χ3v) is 6.94. The molecule has 0 saturated carbocycles. The third kappa shape index (κ3) is 3.80. The Morgan fingerprint density at radius 1 is 1.13 bits per heavy atom. The van der Waals surface area contributed by atoms with Crippen molar-refractivity contribution in [3.8, 4) is 0 Å². The van der Waals surface area contributed by atoms with Crippen molar-refractivity contribution in [2.24, 2.45) is 0 Å². The minimum Gasteiger partial charge on any atom is -0.388 e. The van der Waals surface area contributed by atoms with Crippen molar-refractivity contribution in [3.05, 3.63) is 58.7 Å². The fourth-order valence-electron chi connectivity index (χ4n) is 4.43. The molecule has 2 N–H and O–H groups in total. The molecule has 5 nitrogen and oxygen atoms in total. The molecule has 0 unspecified atom stereocenters. The number of hydrogen-bond donors (Lipinski definition) is 2. The number of carbonyl (C=O) groups is 1. The monoisotopic (exact) mass is 425 g/mol. The summed E-state index contributed by atoms with van der Waals surface area (Å²) < 4.78 is 15.0. The van der Waals surface area contributed by atoms with Gasteiger partial charge in [-0.15, -0.1) is 11.3 Å². The van der Waals surface area contributed by atoms with Crippen molar-refractivity contribution in [2.45, 2.75) is 18.9 Å². The minimum atomic E-state index is -0.714. The van der Waals surface area contributed by atoms with Crippen molar-refractivity contribution >= 4 is 38.7 Å². The number of rotatable bonds is 4. The maximum absolute atomic E-state index is 14.0. The van der Waals surface area contributed by atoms with E-state index in [1.54, 1.807) is 23.5 Å². The van der Waals surface area contributed by atoms with Crippen LogP contribution in [0, 0.1) is 5.82 Å². The average Bonchev–Trinajstić information content (AvgIpc) is 3.20. The molecule has 1 fully saturated rings. The van der Waals surface area contributed by atoms with Gasteiger partial charge in [-0.25, -0.2) is 4.39 Å². The van der Waals surface area contributed by atoms with E-state index in [0.717, 1.165) is 71.7 Å². The third-order valence-electron chi connectivity index (χ3n) is 6.07. The van der Waals surface area contributed by atoms with Crippen molar-refractivity contribution in [1.29, 1.82) is 0 Å². The molecule has 0 bridgehead atoms. The van der Waals surface area contributed by atoms with E-state index in [0.29, 0.717) is 0 Å². The van der Waals surface area contributed by atoms with Gasteiger partial charge in [0.1, 0.15) is 5.82 Å². The number of halogens is 1. The summed E-state index contributed by atoms with van der Waals surface area (Å²) in [6.45, 7) is 4.55. The Bertz CT molecular complexity index is 1090. The van der Waals surface area contributed by atoms with E-state index in [2.05, 4.69) is 21.2 Å². The number of amides is 1. The molecular weight excluding hydrogens is 401 g/mol. The Morgan fingerprint density at radius 3 is 2.80 bits per heavy atom. The number of aliphatic hydroxyl groups excluding tert-OH is 1. The number of thiophene rings is 1. The number of hydrogen-bond acceptors (Lipinski definition) is 5. The molecule has 5 rings (SSSR count). The molecule has 0 spiro atoms. The number of nitrogens with zero attached hydrogens (tertiary/aromatic N) is 2. The van der Waals surface area contributed by atoms with Crippen LogP contribution in [0.3, 0.4) is 0 Å². The zero-order valence-electron chi connectivity index (χ0n) is 16.6. The topological polar surface area (TPSA) is 55.8 Å². The summed E-state index contributed by atoms with van der Waals surface area (Å²) in [6.07, 6.45) is 0.293. The molecule has 2 aromatic carbocycles. The van der Waals surface area contributed by atoms with E-state index in [4.69, 9.17) is 0 Å². The SMILES string of the molecule is O=C1C[C@@H](O)c2ccc(CCN3CCN(c4cc(F)cc5sccc45)CC3)cc2N1.